The van der Waals surface area contributed by atoms with Crippen molar-refractivity contribution in [2.45, 2.75) is 0 Å². The Labute approximate surface area is 125 Å². The lowest BCUT2D eigenvalue weighted by molar-refractivity contribution is -0.385. The molecule has 1 heterocycles. The normalized spacial score (nSPS) is 10.6. The number of hydrogen-bond donors (Lipinski definition) is 1. The lowest BCUT2D eigenvalue weighted by Gasteiger charge is -2.03. The van der Waals surface area contributed by atoms with Gasteiger partial charge in [-0.3, -0.25) is 15.5 Å². The minimum absolute atomic E-state index is 0.0773. The molecular formula is C13H11ClN4O3. The number of ether oxygens (including phenoxy) is 1. The quantitative estimate of drug-likeness (QED) is 0.521. The second kappa shape index (κ2) is 6.67. The van der Waals surface area contributed by atoms with Crippen molar-refractivity contribution in [2.75, 3.05) is 12.5 Å². The van der Waals surface area contributed by atoms with Crippen molar-refractivity contribution < 1.29 is 9.66 Å². The lowest BCUT2D eigenvalue weighted by Crippen LogP contribution is -1.95. The SMILES string of the molecule is COc1ccc(/C=N\Nc2ccc([N+](=O)[O-])cn2)cc1Cl. The van der Waals surface area contributed by atoms with E-state index in [0.29, 0.717) is 16.6 Å². The molecule has 0 aliphatic heterocycles. The molecule has 1 N–H and O–H groups in total. The zero-order chi connectivity index (χ0) is 15.2. The van der Waals surface area contributed by atoms with E-state index in [4.69, 9.17) is 16.3 Å². The minimum Gasteiger partial charge on any atom is -0.495 e. The Kier molecular flexibility index (Phi) is 4.68. The molecule has 0 fully saturated rings. The maximum absolute atomic E-state index is 10.5. The van der Waals surface area contributed by atoms with Crippen LogP contribution in [0.1, 0.15) is 5.56 Å². The number of halogens is 1. The number of rotatable bonds is 5. The molecule has 0 saturated heterocycles. The first-order valence-electron chi connectivity index (χ1n) is 5.83. The molecule has 0 saturated carbocycles. The van der Waals surface area contributed by atoms with E-state index in [1.165, 1.54) is 19.2 Å². The van der Waals surface area contributed by atoms with Gasteiger partial charge in [-0.1, -0.05) is 11.6 Å². The van der Waals surface area contributed by atoms with Crippen LogP contribution in [0.5, 0.6) is 5.75 Å². The standard InChI is InChI=1S/C13H11ClN4O3/c1-21-12-4-2-9(6-11(12)14)7-16-17-13-5-3-10(8-15-13)18(19)20/h2-8H,1H3,(H,15,17)/b16-7-. The van der Waals surface area contributed by atoms with Crippen LogP contribution in [-0.4, -0.2) is 23.2 Å². The monoisotopic (exact) mass is 306 g/mol. The van der Waals surface area contributed by atoms with Gasteiger partial charge in [0.2, 0.25) is 0 Å². The van der Waals surface area contributed by atoms with Gasteiger partial charge in [-0.05, 0) is 29.8 Å². The Hall–Kier alpha value is -2.67. The van der Waals surface area contributed by atoms with E-state index >= 15 is 0 Å². The summed E-state index contributed by atoms with van der Waals surface area (Å²) in [6, 6.07) is 8.04. The highest BCUT2D eigenvalue weighted by Crippen LogP contribution is 2.24. The number of methoxy groups -OCH3 is 1. The number of aromatic nitrogens is 1. The summed E-state index contributed by atoms with van der Waals surface area (Å²) in [5.74, 6) is 0.982. The largest absolute Gasteiger partial charge is 0.495 e. The van der Waals surface area contributed by atoms with Crippen molar-refractivity contribution in [3.8, 4) is 5.75 Å². The molecular weight excluding hydrogens is 296 g/mol. The topological polar surface area (TPSA) is 89.6 Å². The molecule has 0 atom stereocenters. The van der Waals surface area contributed by atoms with Crippen LogP contribution in [0, 0.1) is 10.1 Å². The number of nitrogens with zero attached hydrogens (tertiary/aromatic N) is 3. The van der Waals surface area contributed by atoms with Gasteiger partial charge in [-0.25, -0.2) is 4.98 Å². The first kappa shape index (κ1) is 14.7. The lowest BCUT2D eigenvalue weighted by atomic mass is 10.2. The highest BCUT2D eigenvalue weighted by atomic mass is 35.5. The summed E-state index contributed by atoms with van der Waals surface area (Å²) in [4.78, 5) is 13.8. The molecule has 0 spiro atoms. The highest BCUT2D eigenvalue weighted by Gasteiger charge is 2.04. The number of anilines is 1. The van der Waals surface area contributed by atoms with Crippen molar-refractivity contribution >= 4 is 29.3 Å². The molecule has 8 heteroatoms. The van der Waals surface area contributed by atoms with E-state index in [-0.39, 0.29) is 5.69 Å². The second-order valence-electron chi connectivity index (χ2n) is 3.92. The third-order valence-corrected chi connectivity index (χ3v) is 2.82. The van der Waals surface area contributed by atoms with Crippen LogP contribution in [0.3, 0.4) is 0 Å². The summed E-state index contributed by atoms with van der Waals surface area (Å²) in [5, 5.41) is 14.9. The third kappa shape index (κ3) is 3.90. The number of pyridine rings is 1. The first-order valence-corrected chi connectivity index (χ1v) is 6.21. The molecule has 2 rings (SSSR count). The molecule has 108 valence electrons. The van der Waals surface area contributed by atoms with Gasteiger partial charge in [0.15, 0.2) is 0 Å². The molecule has 0 unspecified atom stereocenters. The summed E-state index contributed by atoms with van der Waals surface area (Å²) in [6.07, 6.45) is 2.70. The predicted octanol–water partition coefficient (Wildman–Crippen LogP) is 3.10. The van der Waals surface area contributed by atoms with E-state index in [9.17, 15) is 10.1 Å². The molecule has 1 aromatic carbocycles. The predicted molar refractivity (Wildman–Crippen MR) is 80.1 cm³/mol. The molecule has 0 aliphatic rings. The fourth-order valence-corrected chi connectivity index (χ4v) is 1.76. The summed E-state index contributed by atoms with van der Waals surface area (Å²) >= 11 is 5.99. The molecule has 1 aromatic heterocycles. The third-order valence-electron chi connectivity index (χ3n) is 2.53. The van der Waals surface area contributed by atoms with E-state index in [1.54, 1.807) is 24.4 Å². The summed E-state index contributed by atoms with van der Waals surface area (Å²) in [7, 11) is 1.54. The fourth-order valence-electron chi connectivity index (χ4n) is 1.50. The van der Waals surface area contributed by atoms with Gasteiger partial charge in [0.25, 0.3) is 5.69 Å². The van der Waals surface area contributed by atoms with Crippen LogP contribution < -0.4 is 10.2 Å². The van der Waals surface area contributed by atoms with Crippen molar-refractivity contribution in [1.29, 1.82) is 0 Å². The number of nitrogens with one attached hydrogen (secondary N) is 1. The fraction of sp³-hybridized carbons (Fsp3) is 0.0769. The molecule has 0 amide bonds. The van der Waals surface area contributed by atoms with E-state index < -0.39 is 4.92 Å². The summed E-state index contributed by atoms with van der Waals surface area (Å²) < 4.78 is 5.05. The molecule has 0 aliphatic carbocycles. The molecule has 0 radical (unpaired) electrons. The van der Waals surface area contributed by atoms with Crippen LogP contribution in [0.25, 0.3) is 0 Å². The van der Waals surface area contributed by atoms with Crippen molar-refractivity contribution in [3.63, 3.8) is 0 Å². The van der Waals surface area contributed by atoms with Crippen LogP contribution in [-0.2, 0) is 0 Å². The minimum atomic E-state index is -0.514. The van der Waals surface area contributed by atoms with Gasteiger partial charge >= 0.3 is 0 Å². The van der Waals surface area contributed by atoms with Crippen LogP contribution in [0.4, 0.5) is 11.5 Å². The molecule has 0 bridgehead atoms. The number of hydrazone groups is 1. The van der Waals surface area contributed by atoms with Crippen LogP contribution in [0.2, 0.25) is 5.02 Å². The summed E-state index contributed by atoms with van der Waals surface area (Å²) in [6.45, 7) is 0. The molecule has 2 aromatic rings. The van der Waals surface area contributed by atoms with E-state index in [1.807, 2.05) is 0 Å². The van der Waals surface area contributed by atoms with Gasteiger partial charge in [-0.2, -0.15) is 5.10 Å². The second-order valence-corrected chi connectivity index (χ2v) is 4.33. The van der Waals surface area contributed by atoms with Gasteiger partial charge in [0, 0.05) is 6.07 Å². The van der Waals surface area contributed by atoms with Crippen LogP contribution >= 0.6 is 11.6 Å². The van der Waals surface area contributed by atoms with Crippen molar-refractivity contribution in [3.05, 3.63) is 57.2 Å². The summed E-state index contributed by atoms with van der Waals surface area (Å²) in [5.41, 5.74) is 3.36. The maximum Gasteiger partial charge on any atom is 0.287 e. The van der Waals surface area contributed by atoms with Gasteiger partial charge in [0.1, 0.15) is 17.8 Å². The zero-order valence-electron chi connectivity index (χ0n) is 11.0. The Morgan fingerprint density at radius 3 is 2.81 bits per heavy atom. The first-order chi connectivity index (χ1) is 10.1. The maximum atomic E-state index is 10.5. The van der Waals surface area contributed by atoms with Gasteiger partial charge < -0.3 is 4.74 Å². The average molecular weight is 307 g/mol. The average Bonchev–Trinajstić information content (AvgIpc) is 2.48. The molecule has 21 heavy (non-hydrogen) atoms. The van der Waals surface area contributed by atoms with Crippen molar-refractivity contribution in [1.82, 2.24) is 4.98 Å². The number of hydrogen-bond acceptors (Lipinski definition) is 6. The Balaban J connectivity index is 2.01. The Bertz CT molecular complexity index is 674. The van der Waals surface area contributed by atoms with Gasteiger partial charge in [0.05, 0.1) is 23.3 Å². The Morgan fingerprint density at radius 1 is 1.43 bits per heavy atom. The van der Waals surface area contributed by atoms with E-state index in [0.717, 1.165) is 11.8 Å². The number of benzene rings is 1. The zero-order valence-corrected chi connectivity index (χ0v) is 11.7. The highest BCUT2D eigenvalue weighted by molar-refractivity contribution is 6.32. The van der Waals surface area contributed by atoms with Crippen LogP contribution in [0.15, 0.2) is 41.6 Å². The van der Waals surface area contributed by atoms with E-state index in [2.05, 4.69) is 15.5 Å². The Morgan fingerprint density at radius 2 is 2.24 bits per heavy atom. The van der Waals surface area contributed by atoms with Gasteiger partial charge in [-0.15, -0.1) is 0 Å². The smallest absolute Gasteiger partial charge is 0.287 e. The number of nitro groups is 1. The molecule has 7 nitrogen and oxygen atoms in total. The van der Waals surface area contributed by atoms with Crippen molar-refractivity contribution in [2.24, 2.45) is 5.10 Å².